The molecule has 3 atom stereocenters. The quantitative estimate of drug-likeness (QED) is 0.772. The summed E-state index contributed by atoms with van der Waals surface area (Å²) in [6.07, 6.45) is 0.828. The molecule has 164 valence electrons. The van der Waals surface area contributed by atoms with Gasteiger partial charge in [0.25, 0.3) is 5.91 Å². The Morgan fingerprint density at radius 1 is 1.19 bits per heavy atom. The van der Waals surface area contributed by atoms with Crippen LogP contribution in [0.4, 0.5) is 5.69 Å². The number of rotatable bonds is 5. The fourth-order valence-corrected chi connectivity index (χ4v) is 4.82. The van der Waals surface area contributed by atoms with Crippen LogP contribution in [0.25, 0.3) is 11.1 Å². The number of ether oxygens (including phenoxy) is 1. The molecule has 0 aromatic heterocycles. The van der Waals surface area contributed by atoms with Gasteiger partial charge in [0.1, 0.15) is 6.61 Å². The predicted octanol–water partition coefficient (Wildman–Crippen LogP) is 2.38. The lowest BCUT2D eigenvalue weighted by molar-refractivity contribution is -0.136. The van der Waals surface area contributed by atoms with Gasteiger partial charge in [-0.3, -0.25) is 9.59 Å². The fraction of sp³-hybridized carbons (Fsp3) is 0.417. The molecule has 2 amide bonds. The molecule has 4 rings (SSSR count). The van der Waals surface area contributed by atoms with Crippen molar-refractivity contribution in [2.45, 2.75) is 18.5 Å². The van der Waals surface area contributed by atoms with Crippen molar-refractivity contribution in [2.24, 2.45) is 5.92 Å². The van der Waals surface area contributed by atoms with Gasteiger partial charge in [-0.15, -0.1) is 0 Å². The highest BCUT2D eigenvalue weighted by atomic mass is 16.5. The van der Waals surface area contributed by atoms with Crippen LogP contribution >= 0.6 is 0 Å². The number of aliphatic hydroxyl groups excluding tert-OH is 1. The molecule has 0 bridgehead atoms. The first-order valence-corrected chi connectivity index (χ1v) is 10.6. The minimum absolute atomic E-state index is 0.0172. The zero-order chi connectivity index (χ0) is 22.1. The van der Waals surface area contributed by atoms with E-state index in [9.17, 15) is 14.7 Å². The smallest absolute Gasteiger partial charge is 0.253 e. The monoisotopic (exact) mass is 423 g/mol. The number of methoxy groups -OCH3 is 1. The van der Waals surface area contributed by atoms with E-state index >= 15 is 0 Å². The summed E-state index contributed by atoms with van der Waals surface area (Å²) in [4.78, 5) is 28.6. The van der Waals surface area contributed by atoms with E-state index in [1.165, 1.54) is 7.11 Å². The second-order valence-electron chi connectivity index (χ2n) is 8.43. The average Bonchev–Trinajstić information content (AvgIpc) is 3.23. The normalized spacial score (nSPS) is 21.8. The first-order chi connectivity index (χ1) is 14.9. The van der Waals surface area contributed by atoms with Crippen molar-refractivity contribution in [1.82, 2.24) is 9.80 Å². The van der Waals surface area contributed by atoms with E-state index in [0.717, 1.165) is 28.8 Å². The molecule has 1 saturated heterocycles. The van der Waals surface area contributed by atoms with Gasteiger partial charge < -0.3 is 25.0 Å². The maximum Gasteiger partial charge on any atom is 0.253 e. The number of nitrogens with one attached hydrogen (secondary N) is 1. The van der Waals surface area contributed by atoms with E-state index in [2.05, 4.69) is 11.4 Å². The van der Waals surface area contributed by atoms with Gasteiger partial charge in [-0.2, -0.15) is 0 Å². The SMILES string of the molecule is COCC(=O)N1CC[C@@H]2[C@H]1c1cc(-c3cccc(C(=O)N(C)C)c3)ccc1N[C@@H]2CO. The number of likely N-dealkylation sites (tertiary alicyclic amines) is 1. The number of amides is 2. The second kappa shape index (κ2) is 8.69. The van der Waals surface area contributed by atoms with Gasteiger partial charge in [-0.05, 0) is 47.4 Å². The molecule has 0 aliphatic carbocycles. The summed E-state index contributed by atoms with van der Waals surface area (Å²) in [6.45, 7) is 0.708. The molecular weight excluding hydrogens is 394 g/mol. The molecule has 0 radical (unpaired) electrons. The Morgan fingerprint density at radius 2 is 1.97 bits per heavy atom. The zero-order valence-electron chi connectivity index (χ0n) is 18.2. The van der Waals surface area contributed by atoms with Crippen LogP contribution in [0.5, 0.6) is 0 Å². The molecule has 31 heavy (non-hydrogen) atoms. The molecular formula is C24H29N3O4. The number of nitrogens with zero attached hydrogens (tertiary/aromatic N) is 2. The van der Waals surface area contributed by atoms with E-state index in [4.69, 9.17) is 4.74 Å². The van der Waals surface area contributed by atoms with Crippen molar-refractivity contribution in [2.75, 3.05) is 46.3 Å². The summed E-state index contributed by atoms with van der Waals surface area (Å²) >= 11 is 0. The minimum Gasteiger partial charge on any atom is -0.394 e. The first kappa shape index (κ1) is 21.3. The molecule has 2 heterocycles. The maximum absolute atomic E-state index is 12.7. The Hall–Kier alpha value is -2.90. The van der Waals surface area contributed by atoms with Crippen LogP contribution in [0.2, 0.25) is 0 Å². The van der Waals surface area contributed by atoms with E-state index in [1.54, 1.807) is 19.0 Å². The Labute approximate surface area is 182 Å². The fourth-order valence-electron chi connectivity index (χ4n) is 4.82. The Kier molecular flexibility index (Phi) is 5.98. The van der Waals surface area contributed by atoms with Crippen molar-refractivity contribution in [3.63, 3.8) is 0 Å². The van der Waals surface area contributed by atoms with Crippen LogP contribution in [0, 0.1) is 5.92 Å². The van der Waals surface area contributed by atoms with Gasteiger partial charge in [-0.25, -0.2) is 0 Å². The van der Waals surface area contributed by atoms with E-state index in [-0.39, 0.29) is 43.0 Å². The third-order valence-electron chi connectivity index (χ3n) is 6.31. The van der Waals surface area contributed by atoms with Gasteiger partial charge in [0, 0.05) is 44.9 Å². The lowest BCUT2D eigenvalue weighted by atomic mass is 9.82. The maximum atomic E-state index is 12.7. The number of anilines is 1. The topological polar surface area (TPSA) is 82.1 Å². The molecule has 0 spiro atoms. The van der Waals surface area contributed by atoms with Crippen LogP contribution in [0.15, 0.2) is 42.5 Å². The standard InChI is InChI=1S/C24H29N3O4/c1-26(2)24(30)17-6-4-5-15(11-17)16-7-8-20-19(12-16)23-18(21(13-28)25-20)9-10-27(23)22(29)14-31-3/h4-8,11-12,18,21,23,25,28H,9-10,13-14H2,1-3H3/t18-,21+,23-/m0/s1. The Morgan fingerprint density at radius 3 is 2.68 bits per heavy atom. The lowest BCUT2D eigenvalue weighted by Gasteiger charge is -2.39. The third kappa shape index (κ3) is 3.91. The molecule has 7 nitrogen and oxygen atoms in total. The van der Waals surface area contributed by atoms with Crippen LogP contribution in [-0.4, -0.2) is 73.7 Å². The first-order valence-electron chi connectivity index (χ1n) is 10.6. The van der Waals surface area contributed by atoms with E-state index < -0.39 is 0 Å². The Bertz CT molecular complexity index is 991. The summed E-state index contributed by atoms with van der Waals surface area (Å²) in [6, 6.07) is 13.5. The van der Waals surface area contributed by atoms with Crippen LogP contribution in [0.3, 0.4) is 0 Å². The highest BCUT2D eigenvalue weighted by Crippen LogP contribution is 2.47. The van der Waals surface area contributed by atoms with Gasteiger partial charge in [-0.1, -0.05) is 18.2 Å². The van der Waals surface area contributed by atoms with Crippen LogP contribution < -0.4 is 5.32 Å². The molecule has 2 N–H and O–H groups in total. The lowest BCUT2D eigenvalue weighted by Crippen LogP contribution is -2.43. The van der Waals surface area contributed by atoms with E-state index in [0.29, 0.717) is 12.1 Å². The number of hydrogen-bond donors (Lipinski definition) is 2. The predicted molar refractivity (Wildman–Crippen MR) is 119 cm³/mol. The summed E-state index contributed by atoms with van der Waals surface area (Å²) in [5.74, 6) is 0.0539. The van der Waals surface area contributed by atoms with Gasteiger partial charge >= 0.3 is 0 Å². The largest absolute Gasteiger partial charge is 0.394 e. The number of carbonyl (C=O) groups is 2. The zero-order valence-corrected chi connectivity index (χ0v) is 18.2. The summed E-state index contributed by atoms with van der Waals surface area (Å²) in [7, 11) is 5.00. The summed E-state index contributed by atoms with van der Waals surface area (Å²) < 4.78 is 5.09. The molecule has 1 fully saturated rings. The number of fused-ring (bicyclic) bond motifs is 3. The number of benzene rings is 2. The van der Waals surface area contributed by atoms with Gasteiger partial charge in [0.15, 0.2) is 0 Å². The van der Waals surface area contributed by atoms with Crippen molar-refractivity contribution in [1.29, 1.82) is 0 Å². The highest BCUT2D eigenvalue weighted by molar-refractivity contribution is 5.95. The van der Waals surface area contributed by atoms with Gasteiger partial charge in [0.05, 0.1) is 18.7 Å². The molecule has 0 saturated carbocycles. The van der Waals surface area contributed by atoms with Crippen molar-refractivity contribution in [3.05, 3.63) is 53.6 Å². The molecule has 2 aliphatic rings. The Balaban J connectivity index is 1.74. The summed E-state index contributed by atoms with van der Waals surface area (Å²) in [5, 5.41) is 13.4. The molecule has 7 heteroatoms. The van der Waals surface area contributed by atoms with E-state index in [1.807, 2.05) is 41.3 Å². The van der Waals surface area contributed by atoms with Crippen LogP contribution in [0.1, 0.15) is 28.4 Å². The van der Waals surface area contributed by atoms with Gasteiger partial charge in [0.2, 0.25) is 5.91 Å². The number of carbonyl (C=O) groups excluding carboxylic acids is 2. The molecule has 0 unspecified atom stereocenters. The third-order valence-corrected chi connectivity index (χ3v) is 6.31. The number of aliphatic hydroxyl groups is 1. The molecule has 2 aromatic carbocycles. The summed E-state index contributed by atoms with van der Waals surface area (Å²) in [5.41, 5.74) is 4.54. The molecule has 2 aliphatic heterocycles. The van der Waals surface area contributed by atoms with Crippen molar-refractivity contribution in [3.8, 4) is 11.1 Å². The average molecular weight is 424 g/mol. The second-order valence-corrected chi connectivity index (χ2v) is 8.43. The minimum atomic E-state index is -0.109. The number of hydrogen-bond acceptors (Lipinski definition) is 5. The van der Waals surface area contributed by atoms with Crippen LogP contribution in [-0.2, 0) is 9.53 Å². The van der Waals surface area contributed by atoms with Crippen molar-refractivity contribution >= 4 is 17.5 Å². The molecule has 2 aromatic rings. The van der Waals surface area contributed by atoms with Crippen molar-refractivity contribution < 1.29 is 19.4 Å². The highest BCUT2D eigenvalue weighted by Gasteiger charge is 2.45.